The Morgan fingerprint density at radius 2 is 2.12 bits per heavy atom. The van der Waals surface area contributed by atoms with Crippen LogP contribution >= 0.6 is 11.6 Å². The number of hydrogen-bond acceptors (Lipinski definition) is 4. The maximum Gasteiger partial charge on any atom is 0.189 e. The van der Waals surface area contributed by atoms with Gasteiger partial charge < -0.3 is 14.7 Å². The fraction of sp³-hybridized carbons (Fsp3) is 0.368. The van der Waals surface area contributed by atoms with E-state index in [1.807, 2.05) is 10.8 Å². The van der Waals surface area contributed by atoms with E-state index in [1.165, 1.54) is 0 Å². The molecule has 0 bridgehead atoms. The first-order valence-electron chi connectivity index (χ1n) is 8.73. The minimum atomic E-state index is -0.711. The van der Waals surface area contributed by atoms with Gasteiger partial charge in [-0.3, -0.25) is 9.69 Å². The molecule has 4 rings (SSSR count). The number of aromatic nitrogens is 3. The first kappa shape index (κ1) is 17.3. The van der Waals surface area contributed by atoms with Crippen molar-refractivity contribution in [1.82, 2.24) is 19.4 Å². The lowest BCUT2D eigenvalue weighted by molar-refractivity contribution is -0.0359. The third-order valence-corrected chi connectivity index (χ3v) is 5.40. The molecule has 1 aromatic carbocycles. The average molecular weight is 373 g/mol. The molecule has 0 amide bonds. The van der Waals surface area contributed by atoms with Gasteiger partial charge in [0.25, 0.3) is 0 Å². The summed E-state index contributed by atoms with van der Waals surface area (Å²) < 4.78 is 1.92. The molecule has 0 unspecified atom stereocenters. The van der Waals surface area contributed by atoms with Gasteiger partial charge in [-0.05, 0) is 25.0 Å². The van der Waals surface area contributed by atoms with E-state index in [9.17, 15) is 9.90 Å². The molecule has 26 heavy (non-hydrogen) atoms. The Kier molecular flexibility index (Phi) is 4.56. The summed E-state index contributed by atoms with van der Waals surface area (Å²) in [5.74, 6) is 0. The van der Waals surface area contributed by atoms with Gasteiger partial charge in [0.1, 0.15) is 0 Å². The van der Waals surface area contributed by atoms with Gasteiger partial charge in [0.2, 0.25) is 0 Å². The van der Waals surface area contributed by atoms with Gasteiger partial charge >= 0.3 is 0 Å². The average Bonchev–Trinajstić information content (AvgIpc) is 3.11. The maximum atomic E-state index is 12.3. The molecule has 0 saturated carbocycles. The molecule has 3 heterocycles. The summed E-state index contributed by atoms with van der Waals surface area (Å²) in [6.07, 6.45) is 6.69. The van der Waals surface area contributed by atoms with E-state index in [0.29, 0.717) is 41.9 Å². The summed E-state index contributed by atoms with van der Waals surface area (Å²) >= 11 is 6.22. The number of rotatable bonds is 4. The number of halogens is 1. The Morgan fingerprint density at radius 1 is 1.31 bits per heavy atom. The number of benzene rings is 1. The number of likely N-dealkylation sites (tertiary alicyclic amines) is 1. The highest BCUT2D eigenvalue weighted by molar-refractivity contribution is 6.35. The van der Waals surface area contributed by atoms with Crippen molar-refractivity contribution in [2.45, 2.75) is 31.5 Å². The molecule has 0 aliphatic carbocycles. The lowest BCUT2D eigenvalue weighted by atomic mass is 9.91. The van der Waals surface area contributed by atoms with Crippen molar-refractivity contribution < 1.29 is 5.11 Å². The zero-order valence-electron chi connectivity index (χ0n) is 14.4. The number of para-hydroxylation sites is 1. The summed E-state index contributed by atoms with van der Waals surface area (Å²) in [6.45, 7) is 2.74. The number of imidazole rings is 1. The van der Waals surface area contributed by atoms with E-state index >= 15 is 0 Å². The Balaban J connectivity index is 1.45. The number of nitrogens with one attached hydrogen (secondary N) is 1. The van der Waals surface area contributed by atoms with Crippen LogP contribution in [0.3, 0.4) is 0 Å². The van der Waals surface area contributed by atoms with Crippen LogP contribution in [0.1, 0.15) is 18.5 Å². The van der Waals surface area contributed by atoms with E-state index in [-0.39, 0.29) is 5.43 Å². The van der Waals surface area contributed by atoms with Crippen molar-refractivity contribution in [3.05, 3.63) is 63.9 Å². The molecule has 0 radical (unpaired) electrons. The highest BCUT2D eigenvalue weighted by atomic mass is 35.5. The van der Waals surface area contributed by atoms with Gasteiger partial charge in [0, 0.05) is 49.2 Å². The van der Waals surface area contributed by atoms with Crippen LogP contribution in [0, 0.1) is 0 Å². The van der Waals surface area contributed by atoms with E-state index in [4.69, 9.17) is 11.6 Å². The normalized spacial score (nSPS) is 17.6. The fourth-order valence-electron chi connectivity index (χ4n) is 3.62. The molecule has 3 aromatic rings. The van der Waals surface area contributed by atoms with Crippen molar-refractivity contribution in [3.63, 3.8) is 0 Å². The number of aliphatic hydroxyl groups is 1. The Morgan fingerprint density at radius 3 is 2.85 bits per heavy atom. The van der Waals surface area contributed by atoms with E-state index in [0.717, 1.165) is 18.8 Å². The van der Waals surface area contributed by atoms with Crippen molar-refractivity contribution in [3.8, 4) is 0 Å². The Bertz CT molecular complexity index is 959. The molecule has 2 aromatic heterocycles. The van der Waals surface area contributed by atoms with Crippen molar-refractivity contribution in [2.24, 2.45) is 0 Å². The summed E-state index contributed by atoms with van der Waals surface area (Å²) in [5.41, 5.74) is 0.794. The summed E-state index contributed by atoms with van der Waals surface area (Å²) in [5, 5.41) is 12.0. The lowest BCUT2D eigenvalue weighted by Gasteiger charge is -2.38. The zero-order chi connectivity index (χ0) is 18.1. The number of hydrogen-bond donors (Lipinski definition) is 2. The lowest BCUT2D eigenvalue weighted by Crippen LogP contribution is -2.46. The topological polar surface area (TPSA) is 74.2 Å². The van der Waals surface area contributed by atoms with Crippen LogP contribution in [0.5, 0.6) is 0 Å². The van der Waals surface area contributed by atoms with Gasteiger partial charge in [0.15, 0.2) is 5.43 Å². The van der Waals surface area contributed by atoms with Gasteiger partial charge in [-0.25, -0.2) is 4.98 Å². The second kappa shape index (κ2) is 6.87. The van der Waals surface area contributed by atoms with Crippen LogP contribution < -0.4 is 5.43 Å². The van der Waals surface area contributed by atoms with Crippen molar-refractivity contribution in [2.75, 3.05) is 13.1 Å². The summed E-state index contributed by atoms with van der Waals surface area (Å²) in [6, 6.07) is 6.98. The first-order chi connectivity index (χ1) is 12.5. The molecule has 1 aliphatic heterocycles. The number of H-pyrrole nitrogens is 1. The third kappa shape index (κ3) is 3.53. The molecule has 136 valence electrons. The maximum absolute atomic E-state index is 12.3. The summed E-state index contributed by atoms with van der Waals surface area (Å²) in [4.78, 5) is 21.9. The van der Waals surface area contributed by atoms with E-state index < -0.39 is 5.60 Å². The van der Waals surface area contributed by atoms with Crippen molar-refractivity contribution >= 4 is 22.5 Å². The third-order valence-electron chi connectivity index (χ3n) is 5.09. The predicted molar refractivity (Wildman–Crippen MR) is 101 cm³/mol. The quantitative estimate of drug-likeness (QED) is 0.737. The van der Waals surface area contributed by atoms with Crippen molar-refractivity contribution in [1.29, 1.82) is 0 Å². The second-order valence-corrected chi connectivity index (χ2v) is 7.46. The molecular formula is C19H21ClN4O2. The fourth-order valence-corrected chi connectivity index (χ4v) is 3.84. The molecule has 6 nitrogen and oxygen atoms in total. The predicted octanol–water partition coefficient (Wildman–Crippen LogP) is 2.41. The number of nitrogens with zero attached hydrogens (tertiary/aromatic N) is 3. The van der Waals surface area contributed by atoms with E-state index in [2.05, 4.69) is 14.9 Å². The standard InChI is InChI=1S/C19H21ClN4O2/c20-16-3-1-2-15-17(25)10-14(22-18(15)16)11-23-7-4-19(26,5-8-23)12-24-9-6-21-13-24/h1-3,6,9-10,13,26H,4-5,7-8,11-12H2,(H,22,25). The number of piperidine rings is 1. The Labute approximate surface area is 156 Å². The molecule has 7 heteroatoms. The van der Waals surface area contributed by atoms with Crippen LogP contribution in [-0.2, 0) is 13.1 Å². The zero-order valence-corrected chi connectivity index (χ0v) is 15.1. The number of aromatic amines is 1. The highest BCUT2D eigenvalue weighted by Crippen LogP contribution is 2.25. The molecule has 1 aliphatic rings. The van der Waals surface area contributed by atoms with E-state index in [1.54, 1.807) is 36.8 Å². The first-order valence-corrected chi connectivity index (χ1v) is 9.11. The molecule has 1 fully saturated rings. The van der Waals surface area contributed by atoms with Gasteiger partial charge in [-0.1, -0.05) is 17.7 Å². The molecular weight excluding hydrogens is 352 g/mol. The van der Waals surface area contributed by atoms with Gasteiger partial charge in [-0.2, -0.15) is 0 Å². The molecule has 0 atom stereocenters. The smallest absolute Gasteiger partial charge is 0.189 e. The van der Waals surface area contributed by atoms with Crippen LogP contribution in [0.15, 0.2) is 47.8 Å². The van der Waals surface area contributed by atoms with Crippen LogP contribution in [-0.4, -0.2) is 43.2 Å². The van der Waals surface area contributed by atoms with Crippen LogP contribution in [0.4, 0.5) is 0 Å². The molecule has 1 saturated heterocycles. The second-order valence-electron chi connectivity index (χ2n) is 7.06. The van der Waals surface area contributed by atoms with Gasteiger partial charge in [0.05, 0.1) is 29.0 Å². The van der Waals surface area contributed by atoms with Crippen LogP contribution in [0.2, 0.25) is 5.02 Å². The minimum absolute atomic E-state index is 0.0233. The number of fused-ring (bicyclic) bond motifs is 1. The highest BCUT2D eigenvalue weighted by Gasteiger charge is 2.32. The largest absolute Gasteiger partial charge is 0.388 e. The Hall–Kier alpha value is -2.15. The monoisotopic (exact) mass is 372 g/mol. The number of pyridine rings is 1. The SMILES string of the molecule is O=c1cc(CN2CCC(O)(Cn3ccnc3)CC2)[nH]c2c(Cl)cccc12. The van der Waals surface area contributed by atoms with Crippen LogP contribution in [0.25, 0.3) is 10.9 Å². The molecule has 2 N–H and O–H groups in total. The van der Waals surface area contributed by atoms with Gasteiger partial charge in [-0.15, -0.1) is 0 Å². The molecule has 0 spiro atoms. The minimum Gasteiger partial charge on any atom is -0.388 e. The summed E-state index contributed by atoms with van der Waals surface area (Å²) in [7, 11) is 0.